The maximum absolute atomic E-state index is 11.5. The van der Waals surface area contributed by atoms with E-state index in [1.807, 2.05) is 0 Å². The van der Waals surface area contributed by atoms with E-state index in [1.54, 1.807) is 7.11 Å². The zero-order chi connectivity index (χ0) is 15.7. The van der Waals surface area contributed by atoms with Crippen LogP contribution in [0.15, 0.2) is 24.3 Å². The number of Topliss-reactive ketones (excluding diaryl/α,β-unsaturated/α-hetero) is 1. The van der Waals surface area contributed by atoms with E-state index in [-0.39, 0.29) is 30.9 Å². The van der Waals surface area contributed by atoms with Crippen molar-refractivity contribution < 1.29 is 24.0 Å². The molecule has 0 aliphatic rings. The number of nitrogens with zero attached hydrogens (tertiary/aromatic N) is 1. The minimum atomic E-state index is -0.601. The third-order valence-corrected chi connectivity index (χ3v) is 2.69. The molecule has 0 amide bonds. The van der Waals surface area contributed by atoms with E-state index >= 15 is 0 Å². The molecule has 0 aromatic heterocycles. The minimum absolute atomic E-state index is 0.0117. The number of hydrogen-bond acceptors (Lipinski definition) is 6. The molecule has 0 unspecified atom stereocenters. The first-order chi connectivity index (χ1) is 10.0. The van der Waals surface area contributed by atoms with Crippen LogP contribution in [0.4, 0.5) is 5.69 Å². The van der Waals surface area contributed by atoms with Crippen LogP contribution in [0.2, 0.25) is 0 Å². The molecule has 7 heteroatoms. The molecule has 0 bridgehead atoms. The molecular weight excluding hydrogens is 278 g/mol. The fourth-order valence-corrected chi connectivity index (χ4v) is 1.59. The zero-order valence-corrected chi connectivity index (χ0v) is 11.7. The number of hydrogen-bond donors (Lipinski definition) is 0. The van der Waals surface area contributed by atoms with Gasteiger partial charge in [-0.25, -0.2) is 0 Å². The maximum Gasteiger partial charge on any atom is 0.313 e. The summed E-state index contributed by atoms with van der Waals surface area (Å²) in [6, 6.07) is 5.68. The second-order valence-electron chi connectivity index (χ2n) is 4.40. The lowest BCUT2D eigenvalue weighted by Gasteiger charge is -2.04. The Morgan fingerprint density at radius 2 is 1.90 bits per heavy atom. The van der Waals surface area contributed by atoms with Crippen LogP contribution in [0.3, 0.4) is 0 Å². The molecule has 1 aromatic rings. The Morgan fingerprint density at radius 3 is 2.48 bits per heavy atom. The highest BCUT2D eigenvalue weighted by Gasteiger charge is 2.11. The quantitative estimate of drug-likeness (QED) is 0.227. The maximum atomic E-state index is 11.5. The first kappa shape index (κ1) is 16.8. The van der Waals surface area contributed by atoms with Crippen molar-refractivity contribution in [1.82, 2.24) is 0 Å². The van der Waals surface area contributed by atoms with Gasteiger partial charge in [-0.1, -0.05) is 0 Å². The van der Waals surface area contributed by atoms with Gasteiger partial charge in [-0.2, -0.15) is 0 Å². The number of benzene rings is 1. The predicted octanol–water partition coefficient (Wildman–Crippen LogP) is 2.02. The van der Waals surface area contributed by atoms with Crippen LogP contribution in [-0.2, 0) is 25.7 Å². The van der Waals surface area contributed by atoms with Crippen molar-refractivity contribution in [2.24, 2.45) is 0 Å². The van der Waals surface area contributed by atoms with E-state index < -0.39 is 10.9 Å². The number of nitro groups is 1. The lowest BCUT2D eigenvalue weighted by molar-refractivity contribution is -0.384. The molecule has 0 N–H and O–H groups in total. The molecule has 0 heterocycles. The zero-order valence-electron chi connectivity index (χ0n) is 11.7. The fraction of sp³-hybridized carbons (Fsp3) is 0.429. The van der Waals surface area contributed by atoms with Crippen molar-refractivity contribution in [1.29, 1.82) is 0 Å². The Bertz CT molecular complexity index is 497. The van der Waals surface area contributed by atoms with E-state index in [2.05, 4.69) is 0 Å². The average molecular weight is 295 g/mol. The summed E-state index contributed by atoms with van der Waals surface area (Å²) in [5, 5.41) is 10.5. The molecule has 0 fully saturated rings. The number of ketones is 1. The molecule has 0 atom stereocenters. The normalized spacial score (nSPS) is 10.1. The monoisotopic (exact) mass is 295 g/mol. The van der Waals surface area contributed by atoms with Crippen molar-refractivity contribution in [3.05, 3.63) is 39.9 Å². The number of nitro benzene ring substituents is 1. The predicted molar refractivity (Wildman–Crippen MR) is 73.6 cm³/mol. The van der Waals surface area contributed by atoms with Crippen molar-refractivity contribution in [2.75, 3.05) is 13.7 Å². The highest BCUT2D eigenvalue weighted by molar-refractivity contribution is 5.95. The van der Waals surface area contributed by atoms with E-state index in [0.717, 1.165) is 0 Å². The van der Waals surface area contributed by atoms with E-state index in [4.69, 9.17) is 9.47 Å². The van der Waals surface area contributed by atoms with Crippen LogP contribution in [-0.4, -0.2) is 30.4 Å². The Labute approximate surface area is 122 Å². The molecule has 0 radical (unpaired) electrons. The number of rotatable bonds is 9. The summed E-state index contributed by atoms with van der Waals surface area (Å²) in [4.78, 5) is 32.9. The summed E-state index contributed by atoms with van der Waals surface area (Å²) in [6.45, 7) is 0.464. The van der Waals surface area contributed by atoms with Crippen LogP contribution in [0.25, 0.3) is 0 Å². The molecule has 0 aliphatic heterocycles. The number of methoxy groups -OCH3 is 1. The molecular formula is C14H17NO6. The molecule has 114 valence electrons. The van der Waals surface area contributed by atoms with Gasteiger partial charge >= 0.3 is 5.97 Å². The summed E-state index contributed by atoms with van der Waals surface area (Å²) in [5.41, 5.74) is 0.596. The summed E-state index contributed by atoms with van der Waals surface area (Å²) in [5.74, 6) is -0.795. The lowest BCUT2D eigenvalue weighted by Crippen LogP contribution is -2.11. The average Bonchev–Trinajstić information content (AvgIpc) is 2.46. The van der Waals surface area contributed by atoms with E-state index in [9.17, 15) is 19.7 Å². The summed E-state index contributed by atoms with van der Waals surface area (Å²) < 4.78 is 9.76. The fourth-order valence-electron chi connectivity index (χ4n) is 1.59. The van der Waals surface area contributed by atoms with Crippen molar-refractivity contribution in [3.63, 3.8) is 0 Å². The van der Waals surface area contributed by atoms with Crippen LogP contribution in [0.5, 0.6) is 0 Å². The van der Waals surface area contributed by atoms with Gasteiger partial charge in [-0.3, -0.25) is 19.7 Å². The molecule has 7 nitrogen and oxygen atoms in total. The van der Waals surface area contributed by atoms with Crippen molar-refractivity contribution in [2.45, 2.75) is 25.9 Å². The SMILES string of the molecule is COCCCC(=O)CC(=O)OCc1ccc([N+](=O)[O-])cc1. The highest BCUT2D eigenvalue weighted by Crippen LogP contribution is 2.12. The van der Waals surface area contributed by atoms with Crippen LogP contribution in [0, 0.1) is 10.1 Å². The Hall–Kier alpha value is -2.28. The van der Waals surface area contributed by atoms with Gasteiger partial charge < -0.3 is 9.47 Å². The molecule has 0 spiro atoms. The molecule has 1 rings (SSSR count). The molecule has 21 heavy (non-hydrogen) atoms. The van der Waals surface area contributed by atoms with Gasteiger partial charge in [0.25, 0.3) is 5.69 Å². The Balaban J connectivity index is 2.32. The molecule has 0 saturated heterocycles. The molecule has 0 saturated carbocycles. The van der Waals surface area contributed by atoms with Gasteiger partial charge in [0.1, 0.15) is 18.8 Å². The molecule has 0 aliphatic carbocycles. The number of non-ortho nitro benzene ring substituents is 1. The summed E-state index contributed by atoms with van der Waals surface area (Å²) >= 11 is 0. The Morgan fingerprint density at radius 1 is 1.24 bits per heavy atom. The summed E-state index contributed by atoms with van der Waals surface area (Å²) in [7, 11) is 1.54. The third-order valence-electron chi connectivity index (χ3n) is 2.69. The summed E-state index contributed by atoms with van der Waals surface area (Å²) in [6.07, 6.45) is 0.585. The van der Waals surface area contributed by atoms with Crippen LogP contribution in [0.1, 0.15) is 24.8 Å². The van der Waals surface area contributed by atoms with Crippen LogP contribution >= 0.6 is 0 Å². The van der Waals surface area contributed by atoms with Crippen molar-refractivity contribution >= 4 is 17.4 Å². The van der Waals surface area contributed by atoms with Crippen molar-refractivity contribution in [3.8, 4) is 0 Å². The molecule has 1 aromatic carbocycles. The van der Waals surface area contributed by atoms with E-state index in [0.29, 0.717) is 18.6 Å². The van der Waals surface area contributed by atoms with Gasteiger partial charge in [0.15, 0.2) is 0 Å². The number of carbonyl (C=O) groups is 2. The lowest BCUT2D eigenvalue weighted by atomic mass is 10.2. The van der Waals surface area contributed by atoms with E-state index in [1.165, 1.54) is 24.3 Å². The highest BCUT2D eigenvalue weighted by atomic mass is 16.6. The Kier molecular flexibility index (Phi) is 7.03. The van der Waals surface area contributed by atoms with Gasteiger partial charge in [-0.05, 0) is 24.1 Å². The second kappa shape index (κ2) is 8.80. The van der Waals surface area contributed by atoms with Gasteiger partial charge in [0, 0.05) is 32.3 Å². The standard InChI is InChI=1S/C14H17NO6/c1-20-8-2-3-13(16)9-14(17)21-10-11-4-6-12(7-5-11)15(18)19/h4-7H,2-3,8-10H2,1H3. The van der Waals surface area contributed by atoms with Crippen LogP contribution < -0.4 is 0 Å². The first-order valence-electron chi connectivity index (χ1n) is 6.42. The smallest absolute Gasteiger partial charge is 0.313 e. The third kappa shape index (κ3) is 6.62. The second-order valence-corrected chi connectivity index (χ2v) is 4.40. The van der Waals surface area contributed by atoms with Gasteiger partial charge in [0.05, 0.1) is 4.92 Å². The number of ether oxygens (including phenoxy) is 2. The first-order valence-corrected chi connectivity index (χ1v) is 6.42. The van der Waals surface area contributed by atoms with Gasteiger partial charge in [0.2, 0.25) is 0 Å². The number of esters is 1. The minimum Gasteiger partial charge on any atom is -0.460 e. The topological polar surface area (TPSA) is 95.7 Å². The van der Waals surface area contributed by atoms with Gasteiger partial charge in [-0.15, -0.1) is 0 Å². The largest absolute Gasteiger partial charge is 0.460 e. The number of carbonyl (C=O) groups excluding carboxylic acids is 2.